The lowest BCUT2D eigenvalue weighted by Crippen LogP contribution is -2.29. The smallest absolute Gasteiger partial charge is 0.335 e. The maximum absolute atomic E-state index is 13.3. The third-order valence-electron chi connectivity index (χ3n) is 2.91. The molecular formula is C13H15FNO2. The number of benzene rings is 1. The van der Waals surface area contributed by atoms with Crippen molar-refractivity contribution < 1.29 is 14.3 Å². The largest absolute Gasteiger partial charge is 0.478 e. The van der Waals surface area contributed by atoms with E-state index in [4.69, 9.17) is 5.11 Å². The number of hydrogen-bond donors (Lipinski definition) is 1. The highest BCUT2D eigenvalue weighted by atomic mass is 19.1. The first-order chi connectivity index (χ1) is 8.15. The Hall–Kier alpha value is -1.42. The highest BCUT2D eigenvalue weighted by Crippen LogP contribution is 2.15. The summed E-state index contributed by atoms with van der Waals surface area (Å²) in [6, 6.07) is 4.00. The Morgan fingerprint density at radius 2 is 2.00 bits per heavy atom. The van der Waals surface area contributed by atoms with Gasteiger partial charge in [0.1, 0.15) is 5.82 Å². The quantitative estimate of drug-likeness (QED) is 0.875. The number of aromatic carboxylic acids is 1. The number of carboxylic acid groups (broad SMARTS) is 1. The minimum atomic E-state index is -1.09. The standard InChI is InChI=1S/C13H15FNO2/c14-12-7-10(6-11(8-12)13(16)17)9-15-4-2-1-3-5-15/h1,6-8H,2-5,9H2,(H,16,17). The zero-order chi connectivity index (χ0) is 12.3. The molecule has 0 atom stereocenters. The first kappa shape index (κ1) is 12.0. The molecule has 0 bridgehead atoms. The van der Waals surface area contributed by atoms with Crippen LogP contribution in [0, 0.1) is 12.2 Å². The first-order valence-electron chi connectivity index (χ1n) is 5.72. The van der Waals surface area contributed by atoms with Gasteiger partial charge >= 0.3 is 5.97 Å². The van der Waals surface area contributed by atoms with Gasteiger partial charge in [-0.05, 0) is 56.1 Å². The predicted molar refractivity (Wildman–Crippen MR) is 62.2 cm³/mol. The summed E-state index contributed by atoms with van der Waals surface area (Å²) in [4.78, 5) is 13.0. The number of carbonyl (C=O) groups is 1. The number of likely N-dealkylation sites (tertiary alicyclic amines) is 1. The van der Waals surface area contributed by atoms with Gasteiger partial charge in [0.15, 0.2) is 0 Å². The molecule has 3 nitrogen and oxygen atoms in total. The molecule has 0 unspecified atom stereocenters. The lowest BCUT2D eigenvalue weighted by Gasteiger charge is -2.26. The van der Waals surface area contributed by atoms with Gasteiger partial charge in [-0.25, -0.2) is 9.18 Å². The molecule has 1 aromatic rings. The number of rotatable bonds is 3. The second-order valence-electron chi connectivity index (χ2n) is 4.30. The Morgan fingerprint density at radius 3 is 2.65 bits per heavy atom. The molecule has 0 amide bonds. The molecule has 0 aromatic heterocycles. The molecule has 4 heteroatoms. The predicted octanol–water partition coefficient (Wildman–Crippen LogP) is 2.32. The van der Waals surface area contributed by atoms with Crippen LogP contribution in [-0.4, -0.2) is 29.1 Å². The summed E-state index contributed by atoms with van der Waals surface area (Å²) in [5, 5.41) is 8.85. The fourth-order valence-electron chi connectivity index (χ4n) is 2.09. The lowest BCUT2D eigenvalue weighted by atomic mass is 10.1. The second-order valence-corrected chi connectivity index (χ2v) is 4.30. The lowest BCUT2D eigenvalue weighted by molar-refractivity contribution is 0.0696. The fraction of sp³-hybridized carbons (Fsp3) is 0.385. The van der Waals surface area contributed by atoms with E-state index >= 15 is 0 Å². The van der Waals surface area contributed by atoms with Gasteiger partial charge < -0.3 is 5.11 Å². The van der Waals surface area contributed by atoms with Gasteiger partial charge in [0.05, 0.1) is 5.56 Å². The average Bonchev–Trinajstić information content (AvgIpc) is 2.29. The molecule has 0 saturated carbocycles. The Morgan fingerprint density at radius 1 is 1.29 bits per heavy atom. The maximum Gasteiger partial charge on any atom is 0.335 e. The van der Waals surface area contributed by atoms with E-state index in [2.05, 4.69) is 11.3 Å². The van der Waals surface area contributed by atoms with Crippen LogP contribution in [0.1, 0.15) is 28.8 Å². The van der Waals surface area contributed by atoms with Crippen LogP contribution in [0.2, 0.25) is 0 Å². The third kappa shape index (κ3) is 3.27. The van der Waals surface area contributed by atoms with Crippen molar-refractivity contribution in [1.82, 2.24) is 4.90 Å². The van der Waals surface area contributed by atoms with Crippen molar-refractivity contribution in [1.29, 1.82) is 0 Å². The first-order valence-corrected chi connectivity index (χ1v) is 5.72. The van der Waals surface area contributed by atoms with E-state index in [-0.39, 0.29) is 5.56 Å². The Labute approximate surface area is 99.9 Å². The number of hydrogen-bond acceptors (Lipinski definition) is 2. The fourth-order valence-corrected chi connectivity index (χ4v) is 2.09. The van der Waals surface area contributed by atoms with Gasteiger partial charge in [0.25, 0.3) is 0 Å². The molecular weight excluding hydrogens is 221 g/mol. The molecule has 1 heterocycles. The third-order valence-corrected chi connectivity index (χ3v) is 2.91. The minimum Gasteiger partial charge on any atom is -0.478 e. The van der Waals surface area contributed by atoms with Gasteiger partial charge in [0, 0.05) is 6.54 Å². The van der Waals surface area contributed by atoms with Crippen molar-refractivity contribution in [2.24, 2.45) is 0 Å². The Bertz CT molecular complexity index is 414. The van der Waals surface area contributed by atoms with Crippen molar-refractivity contribution in [2.75, 3.05) is 13.1 Å². The van der Waals surface area contributed by atoms with Gasteiger partial charge in [-0.3, -0.25) is 4.90 Å². The van der Waals surface area contributed by atoms with E-state index in [1.165, 1.54) is 6.07 Å². The topological polar surface area (TPSA) is 40.5 Å². The monoisotopic (exact) mass is 236 g/mol. The van der Waals surface area contributed by atoms with Crippen LogP contribution in [-0.2, 0) is 6.54 Å². The van der Waals surface area contributed by atoms with Gasteiger partial charge in [-0.15, -0.1) is 0 Å². The van der Waals surface area contributed by atoms with Crippen molar-refractivity contribution in [3.8, 4) is 0 Å². The van der Waals surface area contributed by atoms with Crippen LogP contribution in [0.3, 0.4) is 0 Å². The van der Waals surface area contributed by atoms with E-state index in [0.29, 0.717) is 6.54 Å². The summed E-state index contributed by atoms with van der Waals surface area (Å²) in [5.74, 6) is -1.57. The molecule has 91 valence electrons. The van der Waals surface area contributed by atoms with Gasteiger partial charge in [0.2, 0.25) is 0 Å². The van der Waals surface area contributed by atoms with E-state index in [1.807, 2.05) is 0 Å². The van der Waals surface area contributed by atoms with Crippen LogP contribution in [0.15, 0.2) is 18.2 Å². The summed E-state index contributed by atoms with van der Waals surface area (Å²) in [7, 11) is 0. The molecule has 1 fully saturated rings. The van der Waals surface area contributed by atoms with Crippen LogP contribution in [0.5, 0.6) is 0 Å². The van der Waals surface area contributed by atoms with Crippen molar-refractivity contribution in [3.05, 3.63) is 41.6 Å². The van der Waals surface area contributed by atoms with Crippen molar-refractivity contribution in [2.45, 2.75) is 19.4 Å². The van der Waals surface area contributed by atoms with Crippen molar-refractivity contribution >= 4 is 5.97 Å². The number of nitrogens with zero attached hydrogens (tertiary/aromatic N) is 1. The van der Waals surface area contributed by atoms with E-state index < -0.39 is 11.8 Å². The Kier molecular flexibility index (Phi) is 3.74. The van der Waals surface area contributed by atoms with Crippen molar-refractivity contribution in [3.63, 3.8) is 0 Å². The summed E-state index contributed by atoms with van der Waals surface area (Å²) in [6.07, 6.45) is 4.33. The highest BCUT2D eigenvalue weighted by molar-refractivity contribution is 5.87. The highest BCUT2D eigenvalue weighted by Gasteiger charge is 2.13. The van der Waals surface area contributed by atoms with Gasteiger partial charge in [-0.2, -0.15) is 0 Å². The van der Waals surface area contributed by atoms with Crippen LogP contribution in [0.4, 0.5) is 4.39 Å². The average molecular weight is 236 g/mol. The number of carboxylic acids is 1. The molecule has 1 aliphatic heterocycles. The number of halogens is 1. The molecule has 1 radical (unpaired) electrons. The van der Waals surface area contributed by atoms with E-state index in [0.717, 1.165) is 37.6 Å². The molecule has 0 spiro atoms. The maximum atomic E-state index is 13.3. The summed E-state index contributed by atoms with van der Waals surface area (Å²) < 4.78 is 13.3. The summed E-state index contributed by atoms with van der Waals surface area (Å²) in [6.45, 7) is 2.53. The summed E-state index contributed by atoms with van der Waals surface area (Å²) >= 11 is 0. The molecule has 17 heavy (non-hydrogen) atoms. The molecule has 1 N–H and O–H groups in total. The summed E-state index contributed by atoms with van der Waals surface area (Å²) in [5.41, 5.74) is 0.743. The second kappa shape index (κ2) is 5.27. The normalized spacial score (nSPS) is 17.0. The SMILES string of the molecule is O=C(O)c1cc(F)cc(CN2CC[CH]CC2)c1. The van der Waals surface area contributed by atoms with E-state index in [1.54, 1.807) is 6.07 Å². The molecule has 1 aliphatic rings. The minimum absolute atomic E-state index is 0.0172. The molecule has 1 saturated heterocycles. The Balaban J connectivity index is 2.11. The zero-order valence-corrected chi connectivity index (χ0v) is 9.53. The molecule has 1 aromatic carbocycles. The molecule has 2 rings (SSSR count). The van der Waals surface area contributed by atoms with E-state index in [9.17, 15) is 9.18 Å². The zero-order valence-electron chi connectivity index (χ0n) is 9.53. The number of piperidine rings is 1. The van der Waals surface area contributed by atoms with Crippen LogP contribution >= 0.6 is 0 Å². The van der Waals surface area contributed by atoms with Crippen LogP contribution in [0.25, 0.3) is 0 Å². The van der Waals surface area contributed by atoms with Crippen LogP contribution < -0.4 is 0 Å². The molecule has 0 aliphatic carbocycles. The van der Waals surface area contributed by atoms with Gasteiger partial charge in [-0.1, -0.05) is 0 Å².